The lowest BCUT2D eigenvalue weighted by atomic mass is 9.85. The van der Waals surface area contributed by atoms with E-state index in [1.54, 1.807) is 0 Å². The van der Waals surface area contributed by atoms with Crippen LogP contribution in [-0.2, 0) is 29.4 Å². The number of rotatable bonds is 5. The summed E-state index contributed by atoms with van der Waals surface area (Å²) in [6.45, 7) is 14.0. The third kappa shape index (κ3) is 5.99. The van der Waals surface area contributed by atoms with Crippen LogP contribution in [-0.4, -0.2) is 46.9 Å². The minimum Gasteiger partial charge on any atom is -0.478 e. The zero-order chi connectivity index (χ0) is 24.3. The van der Waals surface area contributed by atoms with Crippen molar-refractivity contribution in [1.29, 1.82) is 0 Å². The first-order valence-electron chi connectivity index (χ1n) is 12.4. The molecule has 1 amide bonds. The number of pyridine rings is 1. The third-order valence-corrected chi connectivity index (χ3v) is 8.30. The molecule has 0 atom stereocenters. The zero-order valence-electron chi connectivity index (χ0n) is 21.3. The van der Waals surface area contributed by atoms with Gasteiger partial charge in [0.25, 0.3) is 0 Å². The highest BCUT2D eigenvalue weighted by atomic mass is 28.3. The summed E-state index contributed by atoms with van der Waals surface area (Å²) in [5.41, 5.74) is 1.68. The molecule has 1 N–H and O–H groups in total. The summed E-state index contributed by atoms with van der Waals surface area (Å²) >= 11 is 0. The molecule has 34 heavy (non-hydrogen) atoms. The maximum absolute atomic E-state index is 13.5. The second kappa shape index (κ2) is 10.1. The maximum Gasteiger partial charge on any atom is 0.228 e. The Morgan fingerprint density at radius 1 is 1.18 bits per heavy atom. The van der Waals surface area contributed by atoms with Crippen molar-refractivity contribution in [3.63, 3.8) is 0 Å². The molecule has 4 rings (SSSR count). The molecule has 2 aromatic rings. The average Bonchev–Trinajstić information content (AvgIpc) is 3.33. The molecule has 0 saturated carbocycles. The highest BCUT2D eigenvalue weighted by molar-refractivity contribution is 6.76. The SMILES string of the molecule is CC1(C)CCCCCOc2cccc(n2)Nc2nn(COCC[Si](C)(C)C)c3c2CN(C3)C1=O. The molecule has 186 valence electrons. The van der Waals surface area contributed by atoms with Crippen molar-refractivity contribution in [1.82, 2.24) is 19.7 Å². The van der Waals surface area contributed by atoms with Crippen molar-refractivity contribution in [2.24, 2.45) is 5.41 Å². The van der Waals surface area contributed by atoms with Crippen LogP contribution in [0.3, 0.4) is 0 Å². The summed E-state index contributed by atoms with van der Waals surface area (Å²) in [4.78, 5) is 20.0. The fraction of sp³-hybridized carbons (Fsp3) is 0.640. The number of ether oxygens (including phenoxy) is 2. The molecule has 0 saturated heterocycles. The van der Waals surface area contributed by atoms with Crippen molar-refractivity contribution in [2.75, 3.05) is 18.5 Å². The molecular formula is C25H39N5O3Si. The summed E-state index contributed by atoms with van der Waals surface area (Å²) in [5.74, 6) is 2.22. The molecule has 0 aromatic carbocycles. The van der Waals surface area contributed by atoms with Crippen LogP contribution in [0.1, 0.15) is 50.8 Å². The third-order valence-electron chi connectivity index (χ3n) is 6.60. The van der Waals surface area contributed by atoms with Crippen molar-refractivity contribution in [3.05, 3.63) is 29.5 Å². The molecule has 0 aliphatic carbocycles. The van der Waals surface area contributed by atoms with E-state index in [2.05, 4.69) is 43.8 Å². The Labute approximate surface area is 204 Å². The van der Waals surface area contributed by atoms with Gasteiger partial charge in [0.15, 0.2) is 5.82 Å². The number of hydrogen-bond donors (Lipinski definition) is 1. The van der Waals surface area contributed by atoms with E-state index in [4.69, 9.17) is 14.6 Å². The van der Waals surface area contributed by atoms with Crippen LogP contribution in [0.2, 0.25) is 25.7 Å². The van der Waals surface area contributed by atoms with Crippen LogP contribution in [0.15, 0.2) is 18.2 Å². The van der Waals surface area contributed by atoms with Crippen LogP contribution in [0.5, 0.6) is 5.88 Å². The molecule has 9 heteroatoms. The fourth-order valence-corrected chi connectivity index (χ4v) is 5.19. The van der Waals surface area contributed by atoms with Gasteiger partial charge in [-0.2, -0.15) is 10.1 Å². The molecule has 0 spiro atoms. The van der Waals surface area contributed by atoms with Gasteiger partial charge in [0, 0.05) is 31.7 Å². The number of anilines is 2. The van der Waals surface area contributed by atoms with Crippen molar-refractivity contribution < 1.29 is 14.3 Å². The molecule has 8 nitrogen and oxygen atoms in total. The van der Waals surface area contributed by atoms with Crippen LogP contribution < -0.4 is 10.1 Å². The predicted molar refractivity (Wildman–Crippen MR) is 136 cm³/mol. The largest absolute Gasteiger partial charge is 0.478 e. The summed E-state index contributed by atoms with van der Waals surface area (Å²) in [7, 11) is -1.16. The first-order chi connectivity index (χ1) is 16.1. The Bertz CT molecular complexity index is 1010. The first-order valence-corrected chi connectivity index (χ1v) is 16.2. The van der Waals surface area contributed by atoms with Crippen molar-refractivity contribution in [2.45, 2.75) is 85.0 Å². The number of nitrogens with zero attached hydrogens (tertiary/aromatic N) is 4. The van der Waals surface area contributed by atoms with Gasteiger partial charge in [-0.1, -0.05) is 52.4 Å². The normalized spacial score (nSPS) is 18.5. The smallest absolute Gasteiger partial charge is 0.228 e. The molecule has 2 aromatic heterocycles. The van der Waals surface area contributed by atoms with E-state index in [1.165, 1.54) is 0 Å². The van der Waals surface area contributed by atoms with E-state index in [9.17, 15) is 4.79 Å². The first kappa shape index (κ1) is 24.7. The summed E-state index contributed by atoms with van der Waals surface area (Å²) in [5, 5.41) is 8.19. The lowest BCUT2D eigenvalue weighted by Crippen LogP contribution is -2.38. The molecule has 0 unspecified atom stereocenters. The number of aromatic nitrogens is 3. The number of carbonyl (C=O) groups excluding carboxylic acids is 1. The van der Waals surface area contributed by atoms with Gasteiger partial charge in [0.05, 0.1) is 25.4 Å². The van der Waals surface area contributed by atoms with E-state index >= 15 is 0 Å². The molecule has 2 aliphatic rings. The molecule has 2 aliphatic heterocycles. The van der Waals surface area contributed by atoms with E-state index < -0.39 is 13.5 Å². The minimum absolute atomic E-state index is 0.198. The molecular weight excluding hydrogens is 446 g/mol. The molecule has 0 fully saturated rings. The predicted octanol–water partition coefficient (Wildman–Crippen LogP) is 5.16. The van der Waals surface area contributed by atoms with Crippen LogP contribution in [0, 0.1) is 5.41 Å². The van der Waals surface area contributed by atoms with E-state index in [0.29, 0.717) is 38.1 Å². The van der Waals surface area contributed by atoms with Gasteiger partial charge in [-0.25, -0.2) is 4.68 Å². The average molecular weight is 486 g/mol. The van der Waals surface area contributed by atoms with E-state index in [1.807, 2.05) is 27.8 Å². The zero-order valence-corrected chi connectivity index (χ0v) is 22.3. The Balaban J connectivity index is 1.60. The van der Waals surface area contributed by atoms with E-state index in [0.717, 1.165) is 55.4 Å². The van der Waals surface area contributed by atoms with Crippen LogP contribution in [0.4, 0.5) is 11.6 Å². The fourth-order valence-electron chi connectivity index (χ4n) is 4.43. The highest BCUT2D eigenvalue weighted by Gasteiger charge is 2.37. The maximum atomic E-state index is 13.5. The highest BCUT2D eigenvalue weighted by Crippen LogP contribution is 2.35. The van der Waals surface area contributed by atoms with Gasteiger partial charge in [-0.05, 0) is 25.0 Å². The Morgan fingerprint density at radius 3 is 2.79 bits per heavy atom. The monoisotopic (exact) mass is 485 g/mol. The number of amides is 1. The van der Waals surface area contributed by atoms with Gasteiger partial charge in [0.2, 0.25) is 11.8 Å². The van der Waals surface area contributed by atoms with Crippen LogP contribution in [0.25, 0.3) is 0 Å². The van der Waals surface area contributed by atoms with Gasteiger partial charge in [0.1, 0.15) is 12.5 Å². The summed E-state index contributed by atoms with van der Waals surface area (Å²) in [6.07, 6.45) is 3.84. The minimum atomic E-state index is -1.16. The van der Waals surface area contributed by atoms with Gasteiger partial charge < -0.3 is 19.7 Å². The lowest BCUT2D eigenvalue weighted by molar-refractivity contribution is -0.141. The number of nitrogens with one attached hydrogen (secondary N) is 1. The van der Waals surface area contributed by atoms with Gasteiger partial charge in [-0.15, -0.1) is 0 Å². The molecule has 0 radical (unpaired) electrons. The quantitative estimate of drug-likeness (QED) is 0.466. The second-order valence-electron chi connectivity index (χ2n) is 11.3. The van der Waals surface area contributed by atoms with Crippen molar-refractivity contribution >= 4 is 25.6 Å². The summed E-state index contributed by atoms with van der Waals surface area (Å²) < 4.78 is 13.8. The Kier molecular flexibility index (Phi) is 7.32. The topological polar surface area (TPSA) is 81.5 Å². The van der Waals surface area contributed by atoms with Gasteiger partial charge >= 0.3 is 0 Å². The number of fused-ring (bicyclic) bond motifs is 3. The Hall–Kier alpha value is -2.39. The van der Waals surface area contributed by atoms with Gasteiger partial charge in [-0.3, -0.25) is 4.79 Å². The van der Waals surface area contributed by atoms with Crippen LogP contribution >= 0.6 is 0 Å². The molecule has 4 heterocycles. The summed E-state index contributed by atoms with van der Waals surface area (Å²) in [6, 6.07) is 6.83. The second-order valence-corrected chi connectivity index (χ2v) is 16.9. The number of hydrogen-bond acceptors (Lipinski definition) is 6. The Morgan fingerprint density at radius 2 is 2.00 bits per heavy atom. The standard InChI is InChI=1S/C25H39N5O3Si/c1-25(2)12-7-6-8-13-33-22-11-9-10-21(26-22)27-23-19-16-29(24(25)31)17-20(19)30(28-23)18-32-14-15-34(3,4)5/h9-11H,6-8,12-18H2,1-5H3,(H,26,27,28). The molecule has 4 bridgehead atoms. The number of carbonyl (C=O) groups is 1. The van der Waals surface area contributed by atoms with E-state index in [-0.39, 0.29) is 5.91 Å². The lowest BCUT2D eigenvalue weighted by Gasteiger charge is -2.29. The van der Waals surface area contributed by atoms with Crippen molar-refractivity contribution in [3.8, 4) is 5.88 Å².